The van der Waals surface area contributed by atoms with Gasteiger partial charge in [0.25, 0.3) is 0 Å². The molecule has 0 radical (unpaired) electrons. The summed E-state index contributed by atoms with van der Waals surface area (Å²) in [4.78, 5) is 8.94. The number of nitriles is 1. The second kappa shape index (κ2) is 5.04. The predicted molar refractivity (Wildman–Crippen MR) is 82.9 cm³/mol. The molecule has 2 N–H and O–H groups in total. The summed E-state index contributed by atoms with van der Waals surface area (Å²) >= 11 is 0. The number of aromatic nitrogens is 2. The third-order valence-corrected chi connectivity index (χ3v) is 3.49. The molecule has 4 rings (SSSR count). The number of rotatable bonds is 4. The Morgan fingerprint density at radius 1 is 1.14 bits per heavy atom. The van der Waals surface area contributed by atoms with Gasteiger partial charge in [-0.25, -0.2) is 4.98 Å². The first-order chi connectivity index (χ1) is 10.8. The maximum atomic E-state index is 8.83. The number of benzene rings is 1. The average Bonchev–Trinajstić information content (AvgIpc) is 3.22. The molecule has 2 heterocycles. The van der Waals surface area contributed by atoms with Crippen LogP contribution in [0.5, 0.6) is 0 Å². The Balaban J connectivity index is 1.66. The van der Waals surface area contributed by atoms with Crippen LogP contribution >= 0.6 is 0 Å². The van der Waals surface area contributed by atoms with Gasteiger partial charge in [0, 0.05) is 17.8 Å². The molecular formula is C16H13N5O. The zero-order valence-corrected chi connectivity index (χ0v) is 11.7. The minimum atomic E-state index is 0.478. The van der Waals surface area contributed by atoms with E-state index in [1.807, 2.05) is 18.2 Å². The summed E-state index contributed by atoms with van der Waals surface area (Å²) in [7, 11) is 0. The highest BCUT2D eigenvalue weighted by Gasteiger charge is 2.23. The van der Waals surface area contributed by atoms with E-state index in [-0.39, 0.29) is 0 Å². The highest BCUT2D eigenvalue weighted by molar-refractivity contribution is 5.85. The molecule has 0 atom stereocenters. The standard InChI is InChI=1S/C16H13N5O/c17-9-10-1-3-12(4-2-10)19-16-20-13-7-8-22-14(13)15(21-16)18-11-5-6-11/h1-4,7-8,11H,5-6H2,(H2,18,19,20,21). The lowest BCUT2D eigenvalue weighted by Gasteiger charge is -2.08. The van der Waals surface area contributed by atoms with Crippen molar-refractivity contribution in [3.63, 3.8) is 0 Å². The quantitative estimate of drug-likeness (QED) is 0.766. The Morgan fingerprint density at radius 3 is 2.68 bits per heavy atom. The second-order valence-corrected chi connectivity index (χ2v) is 5.26. The number of nitrogens with zero attached hydrogens (tertiary/aromatic N) is 3. The van der Waals surface area contributed by atoms with Crippen LogP contribution in [-0.2, 0) is 0 Å². The van der Waals surface area contributed by atoms with Crippen molar-refractivity contribution in [2.75, 3.05) is 10.6 Å². The Morgan fingerprint density at radius 2 is 1.95 bits per heavy atom. The molecule has 6 nitrogen and oxygen atoms in total. The van der Waals surface area contributed by atoms with Crippen LogP contribution in [0.2, 0.25) is 0 Å². The predicted octanol–water partition coefficient (Wildman–Crippen LogP) is 3.41. The summed E-state index contributed by atoms with van der Waals surface area (Å²) in [5.74, 6) is 1.22. The van der Waals surface area contributed by atoms with Crippen molar-refractivity contribution in [1.82, 2.24) is 9.97 Å². The van der Waals surface area contributed by atoms with Gasteiger partial charge in [-0.3, -0.25) is 0 Å². The molecule has 1 aliphatic rings. The highest BCUT2D eigenvalue weighted by Crippen LogP contribution is 2.29. The van der Waals surface area contributed by atoms with Crippen LogP contribution in [0.25, 0.3) is 11.1 Å². The first-order valence-electron chi connectivity index (χ1n) is 7.11. The van der Waals surface area contributed by atoms with E-state index in [2.05, 4.69) is 26.7 Å². The van der Waals surface area contributed by atoms with Gasteiger partial charge in [0.15, 0.2) is 11.4 Å². The lowest BCUT2D eigenvalue weighted by molar-refractivity contribution is 0.614. The fourth-order valence-electron chi connectivity index (χ4n) is 2.20. The van der Waals surface area contributed by atoms with E-state index in [4.69, 9.17) is 9.68 Å². The van der Waals surface area contributed by atoms with Gasteiger partial charge in [0.1, 0.15) is 5.52 Å². The van der Waals surface area contributed by atoms with Crippen LogP contribution in [0.4, 0.5) is 17.5 Å². The topological polar surface area (TPSA) is 86.8 Å². The molecule has 1 aliphatic carbocycles. The van der Waals surface area contributed by atoms with Crippen LogP contribution in [0.3, 0.4) is 0 Å². The monoisotopic (exact) mass is 291 g/mol. The third-order valence-electron chi connectivity index (χ3n) is 3.49. The lowest BCUT2D eigenvalue weighted by Crippen LogP contribution is -2.06. The summed E-state index contributed by atoms with van der Waals surface area (Å²) < 4.78 is 5.46. The summed E-state index contributed by atoms with van der Waals surface area (Å²) in [6, 6.07) is 11.6. The van der Waals surface area contributed by atoms with Crippen molar-refractivity contribution in [2.24, 2.45) is 0 Å². The van der Waals surface area contributed by atoms with Crippen molar-refractivity contribution in [3.8, 4) is 6.07 Å². The third kappa shape index (κ3) is 2.44. The van der Waals surface area contributed by atoms with Gasteiger partial charge < -0.3 is 15.1 Å². The molecule has 0 spiro atoms. The van der Waals surface area contributed by atoms with Crippen LogP contribution in [0.1, 0.15) is 18.4 Å². The molecule has 0 aliphatic heterocycles. The Bertz CT molecular complexity index is 858. The molecule has 2 aromatic heterocycles. The molecule has 22 heavy (non-hydrogen) atoms. The van der Waals surface area contributed by atoms with E-state index in [0.29, 0.717) is 29.0 Å². The Labute approximate surface area is 126 Å². The molecule has 6 heteroatoms. The molecule has 0 bridgehead atoms. The number of furan rings is 1. The highest BCUT2D eigenvalue weighted by atomic mass is 16.3. The van der Waals surface area contributed by atoms with Gasteiger partial charge in [0.05, 0.1) is 17.9 Å². The Hall–Kier alpha value is -3.07. The molecule has 108 valence electrons. The van der Waals surface area contributed by atoms with E-state index in [1.54, 1.807) is 18.4 Å². The fraction of sp³-hybridized carbons (Fsp3) is 0.188. The van der Waals surface area contributed by atoms with Crippen LogP contribution in [-0.4, -0.2) is 16.0 Å². The minimum absolute atomic E-state index is 0.478. The fourth-order valence-corrected chi connectivity index (χ4v) is 2.20. The van der Waals surface area contributed by atoms with Crippen molar-refractivity contribution >= 4 is 28.6 Å². The summed E-state index contributed by atoms with van der Waals surface area (Å²) in [6.45, 7) is 0. The molecule has 0 saturated heterocycles. The second-order valence-electron chi connectivity index (χ2n) is 5.26. The lowest BCUT2D eigenvalue weighted by atomic mass is 10.2. The van der Waals surface area contributed by atoms with Gasteiger partial charge in [0.2, 0.25) is 5.95 Å². The zero-order chi connectivity index (χ0) is 14.9. The smallest absolute Gasteiger partial charge is 0.229 e. The largest absolute Gasteiger partial charge is 0.459 e. The molecule has 1 aromatic carbocycles. The number of hydrogen-bond donors (Lipinski definition) is 2. The number of fused-ring (bicyclic) bond motifs is 1. The first kappa shape index (κ1) is 12.7. The SMILES string of the molecule is N#Cc1ccc(Nc2nc(NC3CC3)c3occc3n2)cc1. The number of anilines is 3. The zero-order valence-electron chi connectivity index (χ0n) is 11.7. The normalized spacial score (nSPS) is 13.8. The minimum Gasteiger partial charge on any atom is -0.459 e. The summed E-state index contributed by atoms with van der Waals surface area (Å²) in [6.07, 6.45) is 3.93. The maximum absolute atomic E-state index is 8.83. The Kier molecular flexibility index (Phi) is 2.90. The average molecular weight is 291 g/mol. The van der Waals surface area contributed by atoms with Crippen LogP contribution in [0.15, 0.2) is 41.0 Å². The number of nitrogens with one attached hydrogen (secondary N) is 2. The molecular weight excluding hydrogens is 278 g/mol. The van der Waals surface area contributed by atoms with Crippen LogP contribution in [0, 0.1) is 11.3 Å². The first-order valence-corrected chi connectivity index (χ1v) is 7.11. The van der Waals surface area contributed by atoms with E-state index in [0.717, 1.165) is 24.0 Å². The van der Waals surface area contributed by atoms with E-state index in [9.17, 15) is 0 Å². The number of hydrogen-bond acceptors (Lipinski definition) is 6. The van der Waals surface area contributed by atoms with Crippen molar-refractivity contribution in [3.05, 3.63) is 42.2 Å². The van der Waals surface area contributed by atoms with E-state index in [1.165, 1.54) is 0 Å². The molecule has 0 unspecified atom stereocenters. The van der Waals surface area contributed by atoms with Gasteiger partial charge in [-0.15, -0.1) is 0 Å². The van der Waals surface area contributed by atoms with E-state index < -0.39 is 0 Å². The van der Waals surface area contributed by atoms with Gasteiger partial charge in [-0.1, -0.05) is 0 Å². The maximum Gasteiger partial charge on any atom is 0.229 e. The summed E-state index contributed by atoms with van der Waals surface area (Å²) in [5.41, 5.74) is 2.89. The molecule has 3 aromatic rings. The van der Waals surface area contributed by atoms with Gasteiger partial charge in [-0.2, -0.15) is 10.2 Å². The van der Waals surface area contributed by atoms with Gasteiger partial charge in [-0.05, 0) is 37.1 Å². The van der Waals surface area contributed by atoms with E-state index >= 15 is 0 Å². The van der Waals surface area contributed by atoms with Crippen LogP contribution < -0.4 is 10.6 Å². The van der Waals surface area contributed by atoms with Crippen molar-refractivity contribution in [1.29, 1.82) is 5.26 Å². The molecule has 0 amide bonds. The van der Waals surface area contributed by atoms with Crippen molar-refractivity contribution < 1.29 is 4.42 Å². The van der Waals surface area contributed by atoms with Gasteiger partial charge >= 0.3 is 0 Å². The molecule has 1 saturated carbocycles. The van der Waals surface area contributed by atoms with Crippen molar-refractivity contribution in [2.45, 2.75) is 18.9 Å². The summed E-state index contributed by atoms with van der Waals surface area (Å²) in [5, 5.41) is 15.3. The molecule has 1 fully saturated rings.